The van der Waals surface area contributed by atoms with Crippen LogP contribution in [-0.4, -0.2) is 10.1 Å². The van der Waals surface area contributed by atoms with Crippen molar-refractivity contribution in [3.05, 3.63) is 11.7 Å². The van der Waals surface area contributed by atoms with E-state index in [0.717, 1.165) is 31.1 Å². The van der Waals surface area contributed by atoms with Gasteiger partial charge in [-0.25, -0.2) is 0 Å². The largest absolute Gasteiger partial charge is 0.339 e. The predicted molar refractivity (Wildman–Crippen MR) is 66.4 cm³/mol. The van der Waals surface area contributed by atoms with E-state index in [1.807, 2.05) is 0 Å². The van der Waals surface area contributed by atoms with Crippen LogP contribution in [0.2, 0.25) is 0 Å². The van der Waals surface area contributed by atoms with Crippen LogP contribution >= 0.6 is 0 Å². The van der Waals surface area contributed by atoms with Crippen molar-refractivity contribution in [1.82, 2.24) is 10.1 Å². The summed E-state index contributed by atoms with van der Waals surface area (Å²) in [4.78, 5) is 4.48. The molecule has 2 rings (SSSR count). The van der Waals surface area contributed by atoms with Crippen molar-refractivity contribution < 1.29 is 4.52 Å². The minimum atomic E-state index is -0.419. The highest BCUT2D eigenvalue weighted by Gasteiger charge is 2.29. The molecule has 4 heteroatoms. The lowest BCUT2D eigenvalue weighted by Crippen LogP contribution is -2.36. The Morgan fingerprint density at radius 3 is 2.53 bits per heavy atom. The molecule has 0 aliphatic heterocycles. The molecule has 0 spiro atoms. The Morgan fingerprint density at radius 1 is 1.29 bits per heavy atom. The summed E-state index contributed by atoms with van der Waals surface area (Å²) in [6.45, 7) is 4.13. The molecule has 0 amide bonds. The second-order valence-electron chi connectivity index (χ2n) is 5.23. The zero-order valence-corrected chi connectivity index (χ0v) is 10.9. The molecule has 0 unspecified atom stereocenters. The van der Waals surface area contributed by atoms with Crippen LogP contribution in [0, 0.1) is 5.92 Å². The van der Waals surface area contributed by atoms with Crippen molar-refractivity contribution >= 4 is 0 Å². The van der Waals surface area contributed by atoms with Crippen LogP contribution in [0.4, 0.5) is 0 Å². The van der Waals surface area contributed by atoms with Gasteiger partial charge in [0.25, 0.3) is 0 Å². The molecule has 0 saturated heterocycles. The zero-order chi connectivity index (χ0) is 12.3. The van der Waals surface area contributed by atoms with E-state index in [0.29, 0.717) is 5.82 Å². The van der Waals surface area contributed by atoms with Crippen LogP contribution in [0.5, 0.6) is 0 Å². The number of aromatic nitrogens is 2. The van der Waals surface area contributed by atoms with Crippen LogP contribution in [0.15, 0.2) is 4.52 Å². The molecule has 1 aromatic heterocycles. The molecule has 1 aliphatic rings. The average Bonchev–Trinajstić information content (AvgIpc) is 3.00. The van der Waals surface area contributed by atoms with E-state index >= 15 is 0 Å². The second-order valence-corrected chi connectivity index (χ2v) is 5.23. The molecule has 1 heterocycles. The summed E-state index contributed by atoms with van der Waals surface area (Å²) in [7, 11) is 0. The Balaban J connectivity index is 2.04. The number of rotatable bonds is 5. The van der Waals surface area contributed by atoms with Crippen molar-refractivity contribution in [3.8, 4) is 0 Å². The molecule has 1 fully saturated rings. The van der Waals surface area contributed by atoms with Crippen molar-refractivity contribution in [2.45, 2.75) is 64.3 Å². The summed E-state index contributed by atoms with van der Waals surface area (Å²) < 4.78 is 5.34. The lowest BCUT2D eigenvalue weighted by atomic mass is 9.93. The highest BCUT2D eigenvalue weighted by atomic mass is 16.5. The maximum absolute atomic E-state index is 6.25. The average molecular weight is 237 g/mol. The summed E-state index contributed by atoms with van der Waals surface area (Å²) in [5, 5.41) is 4.06. The molecule has 4 nitrogen and oxygen atoms in total. The van der Waals surface area contributed by atoms with Gasteiger partial charge >= 0.3 is 0 Å². The van der Waals surface area contributed by atoms with E-state index in [2.05, 4.69) is 24.0 Å². The van der Waals surface area contributed by atoms with Gasteiger partial charge in [0.05, 0.1) is 5.54 Å². The quantitative estimate of drug-likeness (QED) is 0.855. The zero-order valence-electron chi connectivity index (χ0n) is 10.9. The normalized spacial score (nSPS) is 17.8. The first-order valence-corrected chi connectivity index (χ1v) is 6.80. The first kappa shape index (κ1) is 12.6. The molecule has 1 saturated carbocycles. The fraction of sp³-hybridized carbons (Fsp3) is 0.846. The number of nitrogens with zero attached hydrogens (tertiary/aromatic N) is 2. The third kappa shape index (κ3) is 2.68. The van der Waals surface area contributed by atoms with E-state index in [1.165, 1.54) is 25.7 Å². The number of hydrogen-bond acceptors (Lipinski definition) is 4. The van der Waals surface area contributed by atoms with Gasteiger partial charge in [0.15, 0.2) is 5.82 Å². The second kappa shape index (κ2) is 5.17. The predicted octanol–water partition coefficient (Wildman–Crippen LogP) is 2.78. The van der Waals surface area contributed by atoms with E-state index in [-0.39, 0.29) is 0 Å². The van der Waals surface area contributed by atoms with Gasteiger partial charge in [0.1, 0.15) is 0 Å². The molecule has 0 bridgehead atoms. The van der Waals surface area contributed by atoms with Crippen LogP contribution in [0.3, 0.4) is 0 Å². The summed E-state index contributed by atoms with van der Waals surface area (Å²) >= 11 is 0. The van der Waals surface area contributed by atoms with E-state index in [1.54, 1.807) is 0 Å². The number of hydrogen-bond donors (Lipinski definition) is 1. The Kier molecular flexibility index (Phi) is 3.82. The highest BCUT2D eigenvalue weighted by molar-refractivity contribution is 5.03. The third-order valence-electron chi connectivity index (χ3n) is 4.11. The van der Waals surface area contributed by atoms with Gasteiger partial charge in [-0.15, -0.1) is 0 Å². The van der Waals surface area contributed by atoms with Crippen LogP contribution in [0.1, 0.15) is 64.1 Å². The van der Waals surface area contributed by atoms with Crippen molar-refractivity contribution in [2.24, 2.45) is 11.7 Å². The lowest BCUT2D eigenvalue weighted by Gasteiger charge is -2.21. The molecular formula is C13H23N3O. The van der Waals surface area contributed by atoms with Crippen LogP contribution in [0.25, 0.3) is 0 Å². The van der Waals surface area contributed by atoms with Gasteiger partial charge in [0.2, 0.25) is 5.89 Å². The SMILES string of the molecule is CCC(N)(CC)c1noc(CC2CCCC2)n1. The van der Waals surface area contributed by atoms with E-state index in [9.17, 15) is 0 Å². The summed E-state index contributed by atoms with van der Waals surface area (Å²) in [6.07, 6.45) is 7.89. The summed E-state index contributed by atoms with van der Waals surface area (Å²) in [6, 6.07) is 0. The Morgan fingerprint density at radius 2 is 1.94 bits per heavy atom. The standard InChI is InChI=1S/C13H23N3O/c1-3-13(14,4-2)12-15-11(17-16-12)9-10-7-5-6-8-10/h10H,3-9,14H2,1-2H3. The fourth-order valence-electron chi connectivity index (χ4n) is 2.57. The molecule has 0 radical (unpaired) electrons. The fourth-order valence-corrected chi connectivity index (χ4v) is 2.57. The van der Waals surface area contributed by atoms with E-state index < -0.39 is 5.54 Å². The van der Waals surface area contributed by atoms with Gasteiger partial charge < -0.3 is 10.3 Å². The maximum Gasteiger partial charge on any atom is 0.226 e. The van der Waals surface area contributed by atoms with Crippen molar-refractivity contribution in [3.63, 3.8) is 0 Å². The lowest BCUT2D eigenvalue weighted by molar-refractivity contribution is 0.325. The minimum Gasteiger partial charge on any atom is -0.339 e. The van der Waals surface area contributed by atoms with Gasteiger partial charge in [-0.05, 0) is 31.6 Å². The van der Waals surface area contributed by atoms with Gasteiger partial charge in [0, 0.05) is 6.42 Å². The van der Waals surface area contributed by atoms with Crippen molar-refractivity contribution in [1.29, 1.82) is 0 Å². The molecule has 0 aromatic carbocycles. The topological polar surface area (TPSA) is 64.9 Å². The third-order valence-corrected chi connectivity index (χ3v) is 4.11. The Bertz CT molecular complexity index is 351. The molecular weight excluding hydrogens is 214 g/mol. The minimum absolute atomic E-state index is 0.419. The van der Waals surface area contributed by atoms with E-state index in [4.69, 9.17) is 10.3 Å². The Hall–Kier alpha value is -0.900. The molecule has 17 heavy (non-hydrogen) atoms. The summed E-state index contributed by atoms with van der Waals surface area (Å²) in [5.74, 6) is 2.18. The maximum atomic E-state index is 6.25. The van der Waals surface area contributed by atoms with Gasteiger partial charge in [-0.2, -0.15) is 4.98 Å². The smallest absolute Gasteiger partial charge is 0.226 e. The van der Waals surface area contributed by atoms with Crippen molar-refractivity contribution in [2.75, 3.05) is 0 Å². The summed E-state index contributed by atoms with van der Waals surface area (Å²) in [5.41, 5.74) is 5.84. The molecule has 96 valence electrons. The van der Waals surface area contributed by atoms with Gasteiger partial charge in [-0.3, -0.25) is 0 Å². The monoisotopic (exact) mass is 237 g/mol. The first-order chi connectivity index (χ1) is 8.18. The first-order valence-electron chi connectivity index (χ1n) is 6.80. The molecule has 2 N–H and O–H groups in total. The van der Waals surface area contributed by atoms with Gasteiger partial charge in [-0.1, -0.05) is 31.8 Å². The Labute approximate surface area is 103 Å². The highest BCUT2D eigenvalue weighted by Crippen LogP contribution is 2.28. The van der Waals surface area contributed by atoms with Crippen LogP contribution < -0.4 is 5.73 Å². The number of nitrogens with two attached hydrogens (primary N) is 1. The van der Waals surface area contributed by atoms with Crippen LogP contribution in [-0.2, 0) is 12.0 Å². The molecule has 1 aliphatic carbocycles. The molecule has 0 atom stereocenters. The molecule has 1 aromatic rings.